The number of benzene rings is 2. The lowest BCUT2D eigenvalue weighted by atomic mass is 9.78. The molecule has 8 heteroatoms. The van der Waals surface area contributed by atoms with Crippen molar-refractivity contribution in [2.75, 3.05) is 6.54 Å². The summed E-state index contributed by atoms with van der Waals surface area (Å²) in [5.74, 6) is -0.185. The Hall–Kier alpha value is -3.11. The highest BCUT2D eigenvalue weighted by atomic mass is 35.5. The summed E-state index contributed by atoms with van der Waals surface area (Å²) in [4.78, 5) is 18.6. The molecule has 0 radical (unpaired) electrons. The maximum atomic E-state index is 14.3. The zero-order valence-electron chi connectivity index (χ0n) is 17.4. The Morgan fingerprint density at radius 1 is 1.34 bits per heavy atom. The molecule has 1 saturated carbocycles. The number of fused-ring (bicyclic) bond motifs is 1. The number of carbonyl (C=O) groups excluding carboxylic acids is 1. The van der Waals surface area contributed by atoms with Crippen LogP contribution in [0.2, 0.25) is 5.02 Å². The third-order valence-electron chi connectivity index (χ3n) is 6.54. The number of hydrogen-bond donors (Lipinski definition) is 0. The first-order valence-corrected chi connectivity index (χ1v) is 11.1. The molecule has 2 fully saturated rings. The molecule has 1 aromatic heterocycles. The molecule has 1 aliphatic carbocycles. The Labute approximate surface area is 190 Å². The fourth-order valence-electron chi connectivity index (χ4n) is 5.08. The number of nitriles is 1. The molecule has 2 heterocycles. The van der Waals surface area contributed by atoms with Crippen molar-refractivity contribution >= 4 is 28.7 Å². The number of rotatable bonds is 4. The molecular formula is C24H22ClFN4O2. The van der Waals surface area contributed by atoms with Crippen LogP contribution >= 0.6 is 11.6 Å². The van der Waals surface area contributed by atoms with Crippen LogP contribution in [0.3, 0.4) is 0 Å². The van der Waals surface area contributed by atoms with Crippen LogP contribution in [0.5, 0.6) is 0 Å². The maximum absolute atomic E-state index is 14.3. The highest BCUT2D eigenvalue weighted by Crippen LogP contribution is 2.41. The molecule has 5 rings (SSSR count). The van der Waals surface area contributed by atoms with Crippen molar-refractivity contribution in [3.05, 3.63) is 64.7 Å². The van der Waals surface area contributed by atoms with Crippen molar-refractivity contribution in [3.8, 4) is 6.07 Å². The maximum Gasteiger partial charge on any atom is 0.410 e. The van der Waals surface area contributed by atoms with Crippen molar-refractivity contribution in [3.63, 3.8) is 0 Å². The van der Waals surface area contributed by atoms with Gasteiger partial charge in [0.05, 0.1) is 47.1 Å². The summed E-state index contributed by atoms with van der Waals surface area (Å²) in [5, 5.41) is 9.26. The van der Waals surface area contributed by atoms with Crippen LogP contribution in [0, 0.1) is 23.1 Å². The normalized spacial score (nSPS) is 23.0. The Morgan fingerprint density at radius 3 is 3.06 bits per heavy atom. The van der Waals surface area contributed by atoms with Gasteiger partial charge >= 0.3 is 6.09 Å². The Balaban J connectivity index is 1.31. The molecule has 1 amide bonds. The summed E-state index contributed by atoms with van der Waals surface area (Å²) in [5.41, 5.74) is 2.23. The fraction of sp³-hybridized carbons (Fsp3) is 0.375. The molecule has 6 nitrogen and oxygen atoms in total. The van der Waals surface area contributed by atoms with Crippen molar-refractivity contribution in [2.45, 2.75) is 44.4 Å². The van der Waals surface area contributed by atoms with Crippen LogP contribution in [-0.4, -0.2) is 32.7 Å². The van der Waals surface area contributed by atoms with Crippen molar-refractivity contribution < 1.29 is 13.9 Å². The van der Waals surface area contributed by atoms with Gasteiger partial charge in [0.15, 0.2) is 0 Å². The van der Waals surface area contributed by atoms with E-state index in [4.69, 9.17) is 16.3 Å². The van der Waals surface area contributed by atoms with E-state index in [0.29, 0.717) is 23.6 Å². The van der Waals surface area contributed by atoms with Crippen molar-refractivity contribution in [1.29, 1.82) is 5.26 Å². The third-order valence-corrected chi connectivity index (χ3v) is 6.84. The lowest BCUT2D eigenvalue weighted by Gasteiger charge is -2.36. The van der Waals surface area contributed by atoms with Gasteiger partial charge in [0.25, 0.3) is 0 Å². The van der Waals surface area contributed by atoms with Crippen molar-refractivity contribution in [2.24, 2.45) is 5.92 Å². The zero-order chi connectivity index (χ0) is 22.3. The predicted octanol–water partition coefficient (Wildman–Crippen LogP) is 5.28. The summed E-state index contributed by atoms with van der Waals surface area (Å²) in [6.07, 6.45) is 4.92. The molecule has 2 atom stereocenters. The Bertz CT molecular complexity index is 1240. The molecule has 3 aromatic rings. The minimum atomic E-state index is -0.552. The quantitative estimate of drug-likeness (QED) is 0.539. The van der Waals surface area contributed by atoms with Crippen LogP contribution in [0.1, 0.15) is 36.8 Å². The molecular weight excluding hydrogens is 431 g/mol. The average molecular weight is 453 g/mol. The molecule has 2 aromatic carbocycles. The minimum Gasteiger partial charge on any atom is -0.441 e. The minimum absolute atomic E-state index is 0.0506. The van der Waals surface area contributed by atoms with Crippen molar-refractivity contribution in [1.82, 2.24) is 14.5 Å². The lowest BCUT2D eigenvalue weighted by molar-refractivity contribution is 0.00415. The average Bonchev–Trinajstić information content (AvgIpc) is 3.31. The number of halogens is 2. The second-order valence-electron chi connectivity index (χ2n) is 8.79. The highest BCUT2D eigenvalue weighted by Gasteiger charge is 2.48. The number of aromatic nitrogens is 2. The molecule has 164 valence electrons. The van der Waals surface area contributed by atoms with Crippen LogP contribution in [-0.2, 0) is 17.8 Å². The fourth-order valence-corrected chi connectivity index (χ4v) is 5.27. The first-order valence-electron chi connectivity index (χ1n) is 10.7. The SMILES string of the molecule is N#Cc1ccc2ncn(C[C@H]3CCC[C@]4(C3)CN(Cc3cccc(Cl)c3F)C(=O)O4)c2c1. The van der Waals surface area contributed by atoms with Gasteiger partial charge in [0, 0.05) is 12.1 Å². The predicted molar refractivity (Wildman–Crippen MR) is 117 cm³/mol. The Morgan fingerprint density at radius 2 is 2.22 bits per heavy atom. The molecule has 0 N–H and O–H groups in total. The van der Waals surface area contributed by atoms with E-state index in [1.54, 1.807) is 23.1 Å². The molecule has 2 aliphatic rings. The van der Waals surface area contributed by atoms with Crippen LogP contribution in [0.25, 0.3) is 11.0 Å². The van der Waals surface area contributed by atoms with E-state index in [-0.39, 0.29) is 11.6 Å². The van der Waals surface area contributed by atoms with E-state index in [2.05, 4.69) is 15.6 Å². The molecule has 1 saturated heterocycles. The molecule has 0 bridgehead atoms. The smallest absolute Gasteiger partial charge is 0.410 e. The van der Waals surface area contributed by atoms with Gasteiger partial charge < -0.3 is 9.30 Å². The molecule has 32 heavy (non-hydrogen) atoms. The summed E-state index contributed by atoms with van der Waals surface area (Å²) in [6, 6.07) is 12.5. The highest BCUT2D eigenvalue weighted by molar-refractivity contribution is 6.30. The largest absolute Gasteiger partial charge is 0.441 e. The van der Waals surface area contributed by atoms with Gasteiger partial charge in [-0.2, -0.15) is 5.26 Å². The second-order valence-corrected chi connectivity index (χ2v) is 9.20. The van der Waals surface area contributed by atoms with Gasteiger partial charge in [-0.3, -0.25) is 4.90 Å². The van der Waals surface area contributed by atoms with E-state index < -0.39 is 17.5 Å². The number of hydrogen-bond acceptors (Lipinski definition) is 4. The third kappa shape index (κ3) is 3.80. The van der Waals surface area contributed by atoms with Gasteiger partial charge in [0.2, 0.25) is 0 Å². The monoisotopic (exact) mass is 452 g/mol. The lowest BCUT2D eigenvalue weighted by Crippen LogP contribution is -2.40. The Kier molecular flexibility index (Phi) is 5.26. The summed E-state index contributed by atoms with van der Waals surface area (Å²) >= 11 is 5.89. The van der Waals surface area contributed by atoms with E-state index in [1.807, 2.05) is 18.5 Å². The standard InChI is InChI=1S/C24H22ClFN4O2/c25-19-5-1-4-18(22(19)26)13-29-14-24(32-23(29)31)8-2-3-17(10-24)12-30-15-28-20-7-6-16(11-27)9-21(20)30/h1,4-7,9,15,17H,2-3,8,10,12-14H2/t17-,24-/m0/s1. The number of ether oxygens (including phenoxy) is 1. The van der Waals surface area contributed by atoms with E-state index in [1.165, 1.54) is 6.07 Å². The first-order chi connectivity index (χ1) is 15.5. The van der Waals surface area contributed by atoms with Crippen LogP contribution < -0.4 is 0 Å². The molecule has 1 aliphatic heterocycles. The van der Waals surface area contributed by atoms with Gasteiger partial charge in [-0.05, 0) is 55.9 Å². The summed E-state index contributed by atoms with van der Waals surface area (Å²) in [6.45, 7) is 1.33. The molecule has 0 unspecified atom stereocenters. The number of nitrogens with zero attached hydrogens (tertiary/aromatic N) is 4. The van der Waals surface area contributed by atoms with E-state index in [0.717, 1.165) is 43.3 Å². The topological polar surface area (TPSA) is 71.2 Å². The summed E-state index contributed by atoms with van der Waals surface area (Å²) < 4.78 is 22.3. The van der Waals surface area contributed by atoms with E-state index >= 15 is 0 Å². The van der Waals surface area contributed by atoms with Gasteiger partial charge in [-0.15, -0.1) is 0 Å². The van der Waals surface area contributed by atoms with Gasteiger partial charge in [-0.1, -0.05) is 23.7 Å². The summed E-state index contributed by atoms with van der Waals surface area (Å²) in [7, 11) is 0. The van der Waals surface area contributed by atoms with Gasteiger partial charge in [-0.25, -0.2) is 14.2 Å². The van der Waals surface area contributed by atoms with E-state index in [9.17, 15) is 14.4 Å². The van der Waals surface area contributed by atoms with Gasteiger partial charge in [0.1, 0.15) is 11.4 Å². The second kappa shape index (κ2) is 8.10. The number of imidazole rings is 1. The zero-order valence-corrected chi connectivity index (χ0v) is 18.2. The number of amides is 1. The van der Waals surface area contributed by atoms with Crippen LogP contribution in [0.15, 0.2) is 42.7 Å². The molecule has 1 spiro atoms. The van der Waals surface area contributed by atoms with Crippen LogP contribution in [0.4, 0.5) is 9.18 Å². The number of carbonyl (C=O) groups is 1. The first kappa shape index (κ1) is 20.8.